The van der Waals surface area contributed by atoms with Crippen LogP contribution in [-0.4, -0.2) is 8.14 Å². The molecule has 0 aliphatic carbocycles. The summed E-state index contributed by atoms with van der Waals surface area (Å²) in [5.74, 6) is 0. The lowest BCUT2D eigenvalue weighted by Crippen LogP contribution is -1.42. The van der Waals surface area contributed by atoms with Crippen LogP contribution in [0.4, 0.5) is 0 Å². The van der Waals surface area contributed by atoms with Gasteiger partial charge in [-0.2, -0.15) is 0 Å². The van der Waals surface area contributed by atoms with E-state index in [1.165, 1.54) is 11.5 Å². The van der Waals surface area contributed by atoms with E-state index in [4.69, 9.17) is 11.6 Å². The van der Waals surface area contributed by atoms with Crippen LogP contribution in [0.5, 0.6) is 0 Å². The van der Waals surface area contributed by atoms with Crippen LogP contribution in [0.25, 0.3) is 0 Å². The zero-order chi connectivity index (χ0) is 4.41. The molecule has 1 aromatic heterocycles. The minimum atomic E-state index is 0.514. The van der Waals surface area contributed by atoms with Crippen LogP contribution >= 0.6 is 34.9 Å². The molecule has 0 fully saturated rings. The quantitative estimate of drug-likeness (QED) is 0.510. The van der Waals surface area contributed by atoms with E-state index in [1.54, 1.807) is 0 Å². The molecule has 0 unspecified atom stereocenters. The maximum Gasteiger partial charge on any atom is 0.346 e. The van der Waals surface area contributed by atoms with Crippen molar-refractivity contribution in [3.63, 3.8) is 0 Å². The SMILES string of the molecule is Clc1nsn[s+]1. The van der Waals surface area contributed by atoms with Gasteiger partial charge in [0.25, 0.3) is 0 Å². The second-order valence-corrected chi connectivity index (χ2v) is 2.69. The summed E-state index contributed by atoms with van der Waals surface area (Å²) >= 11 is 7.64. The van der Waals surface area contributed by atoms with E-state index < -0.39 is 0 Å². The average molecular weight is 140 g/mol. The van der Waals surface area contributed by atoms with Crippen molar-refractivity contribution < 1.29 is 0 Å². The second kappa shape index (κ2) is 1.77. The molecule has 0 aromatic carbocycles. The second-order valence-electron chi connectivity index (χ2n) is 0.592. The topological polar surface area (TPSA) is 25.8 Å². The molecule has 0 amide bonds. The Balaban J connectivity index is 3.05. The molecule has 0 radical (unpaired) electrons. The predicted octanol–water partition coefficient (Wildman–Crippen LogP) is 1.53. The number of hydrogen-bond donors (Lipinski definition) is 0. The maximum atomic E-state index is 5.31. The maximum absolute atomic E-state index is 5.31. The van der Waals surface area contributed by atoms with Crippen LogP contribution < -0.4 is 0 Å². The molecule has 0 aliphatic heterocycles. The van der Waals surface area contributed by atoms with Gasteiger partial charge in [-0.15, -0.1) is 0 Å². The van der Waals surface area contributed by atoms with Gasteiger partial charge < -0.3 is 0 Å². The fourth-order valence-electron chi connectivity index (χ4n) is 0.113. The minimum Gasteiger partial charge on any atom is -0.0203 e. The summed E-state index contributed by atoms with van der Waals surface area (Å²) in [6.07, 6.45) is 0. The number of aromatic nitrogens is 2. The summed E-state index contributed by atoms with van der Waals surface area (Å²) in [5, 5.41) is 0. The summed E-state index contributed by atoms with van der Waals surface area (Å²) in [6, 6.07) is 0. The molecule has 1 aromatic rings. The Kier molecular flexibility index (Phi) is 1.29. The van der Waals surface area contributed by atoms with Gasteiger partial charge in [-0.1, -0.05) is 0 Å². The fourth-order valence-corrected chi connectivity index (χ4v) is 1.27. The van der Waals surface area contributed by atoms with E-state index in [9.17, 15) is 0 Å². The number of rotatable bonds is 0. The van der Waals surface area contributed by atoms with Crippen LogP contribution in [0.15, 0.2) is 0 Å². The molecule has 6 heavy (non-hydrogen) atoms. The van der Waals surface area contributed by atoms with E-state index >= 15 is 0 Å². The lowest BCUT2D eigenvalue weighted by Gasteiger charge is -1.42. The van der Waals surface area contributed by atoms with Crippen molar-refractivity contribution >= 4 is 34.9 Å². The summed E-state index contributed by atoms with van der Waals surface area (Å²) in [7, 11) is 0. The third-order valence-corrected chi connectivity index (χ3v) is 1.84. The Morgan fingerprint density at radius 3 is 2.83 bits per heavy atom. The molecule has 1 rings (SSSR count). The van der Waals surface area contributed by atoms with Gasteiger partial charge in [0.1, 0.15) is 3.76 Å². The highest BCUT2D eigenvalue weighted by molar-refractivity contribution is 7.20. The lowest BCUT2D eigenvalue weighted by atomic mass is 11.6. The Morgan fingerprint density at radius 1 is 1.83 bits per heavy atom. The molecule has 0 bridgehead atoms. The predicted molar refractivity (Wildman–Crippen MR) is 27.2 cm³/mol. The molecule has 0 N–H and O–H groups in total. The van der Waals surface area contributed by atoms with Crippen molar-refractivity contribution in [2.75, 3.05) is 0 Å². The molecule has 0 saturated heterocycles. The highest BCUT2D eigenvalue weighted by Crippen LogP contribution is 2.08. The summed E-state index contributed by atoms with van der Waals surface area (Å²) < 4.78 is 7.81. The third-order valence-electron chi connectivity index (χ3n) is 0.259. The van der Waals surface area contributed by atoms with E-state index in [0.29, 0.717) is 4.47 Å². The zero-order valence-corrected chi connectivity index (χ0v) is 4.98. The number of hydrogen-bond acceptors (Lipinski definition) is 3. The molecule has 1 heterocycles. The van der Waals surface area contributed by atoms with Gasteiger partial charge in [-0.05, 0) is 16.0 Å². The zero-order valence-electron chi connectivity index (χ0n) is 2.59. The van der Waals surface area contributed by atoms with Crippen LogP contribution in [-0.2, 0) is 0 Å². The molecule has 5 heteroatoms. The van der Waals surface area contributed by atoms with Crippen LogP contribution in [0.1, 0.15) is 0 Å². The Hall–Kier alpha value is 0.200. The van der Waals surface area contributed by atoms with Crippen molar-refractivity contribution in [3.05, 3.63) is 4.47 Å². The highest BCUT2D eigenvalue weighted by atomic mass is 35.5. The molecule has 0 saturated carbocycles. The van der Waals surface area contributed by atoms with E-state index in [1.807, 2.05) is 0 Å². The first-order valence-corrected chi connectivity index (χ1v) is 3.05. The van der Waals surface area contributed by atoms with Crippen molar-refractivity contribution in [3.8, 4) is 0 Å². The average Bonchev–Trinajstić information content (AvgIpc) is 1.86. The largest absolute Gasteiger partial charge is 0.346 e. The number of nitrogens with zero attached hydrogens (tertiary/aromatic N) is 2. The summed E-state index contributed by atoms with van der Waals surface area (Å²) in [5.41, 5.74) is 0. The normalized spacial score (nSPS) is 8.83. The van der Waals surface area contributed by atoms with Gasteiger partial charge in [-0.25, -0.2) is 0 Å². The third kappa shape index (κ3) is 0.830. The van der Waals surface area contributed by atoms with E-state index in [0.717, 1.165) is 11.7 Å². The standard InChI is InChI=1S/CClN2S2/c2-1-3-6-4-5-1/q+1. The molecular formula is CClN2S2+. The van der Waals surface area contributed by atoms with Gasteiger partial charge in [-0.3, -0.25) is 0 Å². The molecule has 0 spiro atoms. The van der Waals surface area contributed by atoms with Gasteiger partial charge in [0.15, 0.2) is 0 Å². The van der Waals surface area contributed by atoms with Gasteiger partial charge in [0.2, 0.25) is 11.5 Å². The van der Waals surface area contributed by atoms with Crippen LogP contribution in [0.2, 0.25) is 4.47 Å². The van der Waals surface area contributed by atoms with E-state index in [2.05, 4.69) is 8.14 Å². The molecule has 0 atom stereocenters. The van der Waals surface area contributed by atoms with Crippen LogP contribution in [0, 0.1) is 0 Å². The minimum absolute atomic E-state index is 0.514. The Labute approximate surface area is 47.9 Å². The Morgan fingerprint density at radius 2 is 2.67 bits per heavy atom. The van der Waals surface area contributed by atoms with Crippen molar-refractivity contribution in [1.29, 1.82) is 0 Å². The fraction of sp³-hybridized carbons (Fsp3) is 0. The summed E-state index contributed by atoms with van der Waals surface area (Å²) in [4.78, 5) is 0. The Bertz CT molecular complexity index is 115. The van der Waals surface area contributed by atoms with Crippen LogP contribution in [0.3, 0.4) is 0 Å². The smallest absolute Gasteiger partial charge is 0.0203 e. The first-order valence-electron chi connectivity index (χ1n) is 1.16. The van der Waals surface area contributed by atoms with E-state index in [-0.39, 0.29) is 0 Å². The van der Waals surface area contributed by atoms with Crippen molar-refractivity contribution in [1.82, 2.24) is 8.14 Å². The molecule has 32 valence electrons. The first kappa shape index (κ1) is 4.36. The van der Waals surface area contributed by atoms with Gasteiger partial charge >= 0.3 is 16.2 Å². The summed E-state index contributed by atoms with van der Waals surface area (Å²) in [6.45, 7) is 0. The number of halogens is 1. The lowest BCUT2D eigenvalue weighted by molar-refractivity contribution is 1.63. The molecular weight excluding hydrogens is 140 g/mol. The molecule has 2 nitrogen and oxygen atoms in total. The molecule has 0 aliphatic rings. The van der Waals surface area contributed by atoms with Gasteiger partial charge in [0, 0.05) is 0 Å². The van der Waals surface area contributed by atoms with Crippen molar-refractivity contribution in [2.24, 2.45) is 0 Å². The van der Waals surface area contributed by atoms with Gasteiger partial charge in [0.05, 0.1) is 0 Å². The first-order chi connectivity index (χ1) is 2.89. The van der Waals surface area contributed by atoms with Crippen molar-refractivity contribution in [2.45, 2.75) is 0 Å². The highest BCUT2D eigenvalue weighted by Gasteiger charge is 1.99. The monoisotopic (exact) mass is 139 g/mol.